The van der Waals surface area contributed by atoms with Crippen molar-refractivity contribution in [3.05, 3.63) is 65.2 Å². The highest BCUT2D eigenvalue weighted by Gasteiger charge is 2.31. The smallest absolute Gasteiger partial charge is 0.387 e. The molecule has 0 spiro atoms. The topological polar surface area (TPSA) is 70.6 Å². The Morgan fingerprint density at radius 2 is 2.04 bits per heavy atom. The number of hydrogen-bond donors (Lipinski definition) is 3. The number of alkyl halides is 2. The molecule has 1 aliphatic rings. The maximum atomic E-state index is 12.2. The van der Waals surface area contributed by atoms with Gasteiger partial charge in [-0.2, -0.15) is 8.78 Å². The first-order valence-electron chi connectivity index (χ1n) is 7.87. The van der Waals surface area contributed by atoms with Gasteiger partial charge in [0.1, 0.15) is 5.75 Å². The number of aliphatic hydroxyl groups excluding tert-OH is 1. The summed E-state index contributed by atoms with van der Waals surface area (Å²) in [6.07, 6.45) is -0.181. The predicted molar refractivity (Wildman–Crippen MR) is 87.3 cm³/mol. The molecule has 5 nitrogen and oxygen atoms in total. The van der Waals surface area contributed by atoms with Crippen molar-refractivity contribution in [3.8, 4) is 5.75 Å². The van der Waals surface area contributed by atoms with E-state index in [2.05, 4.69) is 15.4 Å². The average molecular weight is 348 g/mol. The van der Waals surface area contributed by atoms with Gasteiger partial charge in [0.15, 0.2) is 0 Å². The number of amides is 2. The quantitative estimate of drug-likeness (QED) is 0.778. The third-order valence-electron chi connectivity index (χ3n) is 4.07. The van der Waals surface area contributed by atoms with Crippen LogP contribution in [0.4, 0.5) is 13.6 Å². The van der Waals surface area contributed by atoms with Gasteiger partial charge in [-0.25, -0.2) is 4.79 Å². The number of ether oxygens (including phenoxy) is 1. The minimum atomic E-state index is -2.89. The van der Waals surface area contributed by atoms with Gasteiger partial charge < -0.3 is 20.5 Å². The van der Waals surface area contributed by atoms with Crippen LogP contribution in [0.25, 0.3) is 0 Å². The summed E-state index contributed by atoms with van der Waals surface area (Å²) in [6, 6.07) is 12.8. The summed E-state index contributed by atoms with van der Waals surface area (Å²) in [6.45, 7) is -2.74. The normalized spacial score (nSPS) is 18.7. The molecule has 0 aromatic heterocycles. The Bertz CT molecular complexity index is 755. The van der Waals surface area contributed by atoms with Crippen molar-refractivity contribution < 1.29 is 23.4 Å². The molecule has 7 heteroatoms. The van der Waals surface area contributed by atoms with E-state index in [0.29, 0.717) is 12.0 Å². The summed E-state index contributed by atoms with van der Waals surface area (Å²) < 4.78 is 28.8. The lowest BCUT2D eigenvalue weighted by Crippen LogP contribution is -2.40. The molecular weight excluding hydrogens is 330 g/mol. The third kappa shape index (κ3) is 4.24. The standard InChI is InChI=1S/C18H18F2N2O3/c19-17(20)25-13-6-3-4-11(8-13)10-21-18(24)22-16-14-7-2-1-5-12(14)9-15(16)23/h1-8,15-17,23H,9-10H2,(H2,21,22,24). The Balaban J connectivity index is 1.57. The molecule has 2 unspecified atom stereocenters. The van der Waals surface area contributed by atoms with Gasteiger partial charge in [0.05, 0.1) is 12.1 Å². The number of carbonyl (C=O) groups is 1. The van der Waals surface area contributed by atoms with E-state index in [9.17, 15) is 18.7 Å². The van der Waals surface area contributed by atoms with Crippen molar-refractivity contribution in [1.82, 2.24) is 10.6 Å². The number of halogens is 2. The van der Waals surface area contributed by atoms with Crippen LogP contribution < -0.4 is 15.4 Å². The first-order valence-corrected chi connectivity index (χ1v) is 7.87. The SMILES string of the molecule is O=C(NCc1cccc(OC(F)F)c1)NC1c2ccccc2CC1O. The van der Waals surface area contributed by atoms with E-state index in [-0.39, 0.29) is 12.3 Å². The van der Waals surface area contributed by atoms with Crippen LogP contribution in [0.5, 0.6) is 5.75 Å². The average Bonchev–Trinajstić information content (AvgIpc) is 2.88. The number of fused-ring (bicyclic) bond motifs is 1. The Labute approximate surface area is 143 Å². The van der Waals surface area contributed by atoms with Gasteiger partial charge >= 0.3 is 12.6 Å². The molecule has 2 amide bonds. The van der Waals surface area contributed by atoms with E-state index < -0.39 is 24.8 Å². The van der Waals surface area contributed by atoms with Gasteiger partial charge in [-0.3, -0.25) is 0 Å². The Hall–Kier alpha value is -2.67. The van der Waals surface area contributed by atoms with E-state index in [1.54, 1.807) is 12.1 Å². The van der Waals surface area contributed by atoms with E-state index in [1.807, 2.05) is 24.3 Å². The van der Waals surface area contributed by atoms with Crippen molar-refractivity contribution in [2.24, 2.45) is 0 Å². The molecule has 2 aromatic rings. The highest BCUT2D eigenvalue weighted by Crippen LogP contribution is 2.31. The van der Waals surface area contributed by atoms with Gasteiger partial charge in [-0.15, -0.1) is 0 Å². The Morgan fingerprint density at radius 1 is 1.24 bits per heavy atom. The number of benzene rings is 2. The third-order valence-corrected chi connectivity index (χ3v) is 4.07. The summed E-state index contributed by atoms with van der Waals surface area (Å²) in [4.78, 5) is 12.1. The van der Waals surface area contributed by atoms with Crippen LogP contribution in [0.2, 0.25) is 0 Å². The fourth-order valence-corrected chi connectivity index (χ4v) is 2.95. The zero-order valence-corrected chi connectivity index (χ0v) is 13.3. The summed E-state index contributed by atoms with van der Waals surface area (Å²) in [5.41, 5.74) is 2.54. The summed E-state index contributed by atoms with van der Waals surface area (Å²) in [7, 11) is 0. The van der Waals surface area contributed by atoms with Crippen molar-refractivity contribution in [2.45, 2.75) is 31.7 Å². The van der Waals surface area contributed by atoms with Gasteiger partial charge in [0.2, 0.25) is 0 Å². The largest absolute Gasteiger partial charge is 0.435 e. The molecule has 2 atom stereocenters. The first kappa shape index (κ1) is 17.2. The predicted octanol–water partition coefficient (Wildman–Crippen LogP) is 2.75. The highest BCUT2D eigenvalue weighted by molar-refractivity contribution is 5.74. The second-order valence-electron chi connectivity index (χ2n) is 5.80. The summed E-state index contributed by atoms with van der Waals surface area (Å²) in [5.74, 6) is 0.0369. The second kappa shape index (κ2) is 7.48. The van der Waals surface area contributed by atoms with Crippen molar-refractivity contribution in [3.63, 3.8) is 0 Å². The minimum absolute atomic E-state index is 0.0369. The number of aliphatic hydroxyl groups is 1. The fourth-order valence-electron chi connectivity index (χ4n) is 2.95. The lowest BCUT2D eigenvalue weighted by molar-refractivity contribution is -0.0498. The molecule has 0 bridgehead atoms. The maximum Gasteiger partial charge on any atom is 0.387 e. The summed E-state index contributed by atoms with van der Waals surface area (Å²) in [5, 5.41) is 15.5. The maximum absolute atomic E-state index is 12.2. The molecule has 1 aliphatic carbocycles. The molecule has 3 rings (SSSR count). The van der Waals surface area contributed by atoms with Crippen LogP contribution in [0.15, 0.2) is 48.5 Å². The zero-order valence-electron chi connectivity index (χ0n) is 13.3. The molecule has 3 N–H and O–H groups in total. The van der Waals surface area contributed by atoms with Crippen LogP contribution in [-0.4, -0.2) is 23.9 Å². The first-order chi connectivity index (χ1) is 12.0. The van der Waals surface area contributed by atoms with Crippen LogP contribution in [0.3, 0.4) is 0 Å². The summed E-state index contributed by atoms with van der Waals surface area (Å²) >= 11 is 0. The van der Waals surface area contributed by atoms with E-state index >= 15 is 0 Å². The number of rotatable bonds is 5. The fraction of sp³-hybridized carbons (Fsp3) is 0.278. The lowest BCUT2D eigenvalue weighted by Gasteiger charge is -2.18. The molecular formula is C18H18F2N2O3. The molecule has 0 fully saturated rings. The Kier molecular flexibility index (Phi) is 5.14. The van der Waals surface area contributed by atoms with Crippen LogP contribution in [0.1, 0.15) is 22.7 Å². The molecule has 0 radical (unpaired) electrons. The highest BCUT2D eigenvalue weighted by atomic mass is 19.3. The molecule has 0 heterocycles. The van der Waals surface area contributed by atoms with Crippen LogP contribution in [0, 0.1) is 0 Å². The molecule has 0 saturated heterocycles. The minimum Gasteiger partial charge on any atom is -0.435 e. The number of carbonyl (C=O) groups excluding carboxylic acids is 1. The van der Waals surface area contributed by atoms with Gasteiger partial charge in [-0.1, -0.05) is 36.4 Å². The monoisotopic (exact) mass is 348 g/mol. The van der Waals surface area contributed by atoms with E-state index in [4.69, 9.17) is 0 Å². The number of nitrogens with one attached hydrogen (secondary N) is 2. The zero-order chi connectivity index (χ0) is 17.8. The number of hydrogen-bond acceptors (Lipinski definition) is 3. The van der Waals surface area contributed by atoms with E-state index in [1.165, 1.54) is 12.1 Å². The molecule has 0 saturated carbocycles. The lowest BCUT2D eigenvalue weighted by atomic mass is 10.1. The van der Waals surface area contributed by atoms with Crippen molar-refractivity contribution in [2.75, 3.05) is 0 Å². The van der Waals surface area contributed by atoms with Crippen molar-refractivity contribution in [1.29, 1.82) is 0 Å². The molecule has 132 valence electrons. The molecule has 0 aliphatic heterocycles. The number of urea groups is 1. The van der Waals surface area contributed by atoms with Crippen LogP contribution in [-0.2, 0) is 13.0 Å². The van der Waals surface area contributed by atoms with Crippen molar-refractivity contribution >= 4 is 6.03 Å². The molecule has 2 aromatic carbocycles. The van der Waals surface area contributed by atoms with Gasteiger partial charge in [0, 0.05) is 13.0 Å². The van der Waals surface area contributed by atoms with Gasteiger partial charge in [0.25, 0.3) is 0 Å². The van der Waals surface area contributed by atoms with Gasteiger partial charge in [-0.05, 0) is 28.8 Å². The van der Waals surface area contributed by atoms with Crippen LogP contribution >= 0.6 is 0 Å². The van der Waals surface area contributed by atoms with E-state index in [0.717, 1.165) is 11.1 Å². The molecule has 25 heavy (non-hydrogen) atoms. The second-order valence-corrected chi connectivity index (χ2v) is 5.80. The Morgan fingerprint density at radius 3 is 2.84 bits per heavy atom.